The van der Waals surface area contributed by atoms with Gasteiger partial charge in [0.1, 0.15) is 11.4 Å². The van der Waals surface area contributed by atoms with E-state index in [4.69, 9.17) is 14.2 Å². The van der Waals surface area contributed by atoms with Crippen LogP contribution in [-0.4, -0.2) is 41.8 Å². The van der Waals surface area contributed by atoms with E-state index in [0.717, 1.165) is 25.7 Å². The molecule has 34 heavy (non-hydrogen) atoms. The number of carbonyl (C=O) groups is 3. The van der Waals surface area contributed by atoms with E-state index < -0.39 is 28.7 Å². The Morgan fingerprint density at radius 2 is 1.79 bits per heavy atom. The highest BCUT2D eigenvalue weighted by atomic mass is 16.6. The second kappa shape index (κ2) is 7.19. The van der Waals surface area contributed by atoms with Crippen molar-refractivity contribution in [2.75, 3.05) is 7.11 Å². The second-order valence-corrected chi connectivity index (χ2v) is 12.2. The molecule has 0 radical (unpaired) electrons. The molecule has 0 amide bonds. The molecule has 2 saturated carbocycles. The van der Waals surface area contributed by atoms with Crippen molar-refractivity contribution in [2.45, 2.75) is 78.6 Å². The lowest BCUT2D eigenvalue weighted by molar-refractivity contribution is -0.153. The number of ketones is 1. The maximum atomic E-state index is 13.2. The maximum absolute atomic E-state index is 13.2. The van der Waals surface area contributed by atoms with Crippen LogP contribution in [0.1, 0.15) is 66.7 Å². The Morgan fingerprint density at radius 3 is 2.41 bits per heavy atom. The molecule has 5 aliphatic rings. The number of rotatable bonds is 3. The third-order valence-corrected chi connectivity index (χ3v) is 10.6. The molecule has 0 aromatic heterocycles. The highest BCUT2D eigenvalue weighted by Crippen LogP contribution is 2.73. The van der Waals surface area contributed by atoms with Gasteiger partial charge in [0.15, 0.2) is 5.78 Å². The Kier molecular flexibility index (Phi) is 4.98. The van der Waals surface area contributed by atoms with Crippen molar-refractivity contribution in [2.24, 2.45) is 39.9 Å². The third-order valence-electron chi connectivity index (χ3n) is 10.6. The van der Waals surface area contributed by atoms with Crippen molar-refractivity contribution in [3.8, 4) is 0 Å². The summed E-state index contributed by atoms with van der Waals surface area (Å²) in [5.74, 6) is -0.00892. The van der Waals surface area contributed by atoms with Crippen LogP contribution in [0.2, 0.25) is 0 Å². The van der Waals surface area contributed by atoms with Gasteiger partial charge in [0, 0.05) is 40.4 Å². The van der Waals surface area contributed by atoms with Crippen LogP contribution in [0.3, 0.4) is 0 Å². The van der Waals surface area contributed by atoms with Gasteiger partial charge in [-0.05, 0) is 49.9 Å². The molecule has 5 rings (SSSR count). The minimum atomic E-state index is -1.17. The number of cyclic esters (lactones) is 1. The molecular weight excluding hydrogens is 436 g/mol. The zero-order chi connectivity index (χ0) is 24.8. The average Bonchev–Trinajstić information content (AvgIpc) is 3.34. The summed E-state index contributed by atoms with van der Waals surface area (Å²) in [7, 11) is 1.39. The number of carbonyl (C=O) groups excluding carboxylic acids is 3. The zero-order valence-corrected chi connectivity index (χ0v) is 21.0. The quantitative estimate of drug-likeness (QED) is 0.625. The third kappa shape index (κ3) is 2.82. The lowest BCUT2D eigenvalue weighted by Crippen LogP contribution is -2.57. The van der Waals surface area contributed by atoms with Gasteiger partial charge in [0.2, 0.25) is 6.29 Å². The minimum absolute atomic E-state index is 0.0157. The Bertz CT molecular complexity index is 1020. The molecule has 8 unspecified atom stereocenters. The summed E-state index contributed by atoms with van der Waals surface area (Å²) in [5, 5.41) is 10.4. The van der Waals surface area contributed by atoms with Gasteiger partial charge < -0.3 is 19.3 Å². The predicted molar refractivity (Wildman–Crippen MR) is 122 cm³/mol. The van der Waals surface area contributed by atoms with Crippen molar-refractivity contribution in [3.05, 3.63) is 23.5 Å². The standard InChI is InChI=1S/C27H36O7/c1-24(2)18(12-21(29)32-6)26(4)17-9-10-25(3)15(14-11-22(30)33-23(14)31)7-8-16(25)27(17,5)34-20(26)13-19(24)28/h11,13,15-18,23,31H,7-10,12H2,1-6H3. The van der Waals surface area contributed by atoms with Gasteiger partial charge in [-0.15, -0.1) is 0 Å². The van der Waals surface area contributed by atoms with Gasteiger partial charge in [0.25, 0.3) is 0 Å². The minimum Gasteiger partial charge on any atom is -0.491 e. The van der Waals surface area contributed by atoms with E-state index in [1.807, 2.05) is 13.8 Å². The van der Waals surface area contributed by atoms with E-state index in [2.05, 4.69) is 20.8 Å². The highest BCUT2D eigenvalue weighted by Gasteiger charge is 2.72. The summed E-state index contributed by atoms with van der Waals surface area (Å²) in [4.78, 5) is 37.5. The molecule has 2 aliphatic heterocycles. The average molecular weight is 473 g/mol. The van der Waals surface area contributed by atoms with Crippen LogP contribution in [0.5, 0.6) is 0 Å². The lowest BCUT2D eigenvalue weighted by Gasteiger charge is -2.55. The van der Waals surface area contributed by atoms with Gasteiger partial charge in [0.05, 0.1) is 13.5 Å². The van der Waals surface area contributed by atoms with E-state index in [9.17, 15) is 19.5 Å². The summed E-state index contributed by atoms with van der Waals surface area (Å²) >= 11 is 0. The van der Waals surface area contributed by atoms with Crippen molar-refractivity contribution < 1.29 is 33.7 Å². The molecule has 0 aromatic rings. The van der Waals surface area contributed by atoms with Crippen LogP contribution in [0.25, 0.3) is 0 Å². The topological polar surface area (TPSA) is 99.1 Å². The van der Waals surface area contributed by atoms with Crippen LogP contribution in [-0.2, 0) is 28.6 Å². The van der Waals surface area contributed by atoms with Gasteiger partial charge in [-0.25, -0.2) is 4.79 Å². The molecule has 0 spiro atoms. The van der Waals surface area contributed by atoms with Gasteiger partial charge >= 0.3 is 11.9 Å². The number of aliphatic hydroxyl groups excluding tert-OH is 1. The number of esters is 2. The first kappa shape index (κ1) is 23.6. The molecule has 0 aromatic carbocycles. The Morgan fingerprint density at radius 1 is 1.09 bits per heavy atom. The van der Waals surface area contributed by atoms with Crippen molar-refractivity contribution in [1.29, 1.82) is 0 Å². The molecule has 7 nitrogen and oxygen atoms in total. The number of hydrogen-bond acceptors (Lipinski definition) is 7. The summed E-state index contributed by atoms with van der Waals surface area (Å²) in [6.45, 7) is 10.4. The van der Waals surface area contributed by atoms with Gasteiger partial charge in [-0.1, -0.05) is 27.7 Å². The molecule has 2 heterocycles. The Hall–Kier alpha value is -2.15. The Balaban J connectivity index is 1.56. The predicted octanol–water partition coefficient (Wildman–Crippen LogP) is 3.70. The van der Waals surface area contributed by atoms with Crippen LogP contribution in [0, 0.1) is 39.9 Å². The normalized spacial score (nSPS) is 46.5. The smallest absolute Gasteiger partial charge is 0.333 e. The molecule has 8 atom stereocenters. The van der Waals surface area contributed by atoms with E-state index in [0.29, 0.717) is 11.3 Å². The summed E-state index contributed by atoms with van der Waals surface area (Å²) in [5.41, 5.74) is -1.19. The molecule has 186 valence electrons. The lowest BCUT2D eigenvalue weighted by atomic mass is 9.46. The van der Waals surface area contributed by atoms with E-state index in [1.165, 1.54) is 13.2 Å². The molecule has 7 heteroatoms. The summed E-state index contributed by atoms with van der Waals surface area (Å²) in [6, 6.07) is 0. The summed E-state index contributed by atoms with van der Waals surface area (Å²) in [6.07, 6.45) is 5.66. The number of ether oxygens (including phenoxy) is 3. The monoisotopic (exact) mass is 472 g/mol. The zero-order valence-electron chi connectivity index (χ0n) is 21.0. The number of aliphatic hydroxyl groups is 1. The molecule has 1 saturated heterocycles. The van der Waals surface area contributed by atoms with Crippen molar-refractivity contribution >= 4 is 17.7 Å². The first-order valence-electron chi connectivity index (χ1n) is 12.4. The number of methoxy groups -OCH3 is 1. The van der Waals surface area contributed by atoms with Crippen LogP contribution >= 0.6 is 0 Å². The molecule has 0 bridgehead atoms. The maximum Gasteiger partial charge on any atom is 0.333 e. The molecule has 3 aliphatic carbocycles. The number of hydrogen-bond donors (Lipinski definition) is 1. The summed E-state index contributed by atoms with van der Waals surface area (Å²) < 4.78 is 16.9. The van der Waals surface area contributed by atoms with Crippen LogP contribution < -0.4 is 0 Å². The van der Waals surface area contributed by atoms with Crippen LogP contribution in [0.15, 0.2) is 23.5 Å². The van der Waals surface area contributed by atoms with Crippen molar-refractivity contribution in [1.82, 2.24) is 0 Å². The SMILES string of the molecule is COC(=O)CC1C(C)(C)C(=O)C=C2OC3(C)C4CCC(C5=CC(=O)OC5O)C4(C)CCC3C21C. The van der Waals surface area contributed by atoms with E-state index >= 15 is 0 Å². The first-order valence-corrected chi connectivity index (χ1v) is 12.4. The van der Waals surface area contributed by atoms with Gasteiger partial charge in [-0.3, -0.25) is 9.59 Å². The van der Waals surface area contributed by atoms with E-state index in [-0.39, 0.29) is 47.3 Å². The highest BCUT2D eigenvalue weighted by molar-refractivity contribution is 5.97. The largest absolute Gasteiger partial charge is 0.491 e. The first-order chi connectivity index (χ1) is 15.8. The molecule has 1 N–H and O–H groups in total. The van der Waals surface area contributed by atoms with E-state index in [1.54, 1.807) is 6.08 Å². The Labute approximate surface area is 200 Å². The molecular formula is C27H36O7. The molecule has 3 fully saturated rings. The fraction of sp³-hybridized carbons (Fsp3) is 0.741. The number of allylic oxidation sites excluding steroid dienone is 2. The fourth-order valence-corrected chi connectivity index (χ4v) is 8.85. The van der Waals surface area contributed by atoms with Crippen LogP contribution in [0.4, 0.5) is 0 Å². The van der Waals surface area contributed by atoms with Crippen molar-refractivity contribution in [3.63, 3.8) is 0 Å². The fourth-order valence-electron chi connectivity index (χ4n) is 8.85. The second-order valence-electron chi connectivity index (χ2n) is 12.2. The number of fused-ring (bicyclic) bond motifs is 5. The van der Waals surface area contributed by atoms with Gasteiger partial charge in [-0.2, -0.15) is 0 Å².